The smallest absolute Gasteiger partial charge is 0.271 e. The van der Waals surface area contributed by atoms with Crippen molar-refractivity contribution < 1.29 is 23.4 Å². The van der Waals surface area contributed by atoms with Gasteiger partial charge in [-0.15, -0.1) is 0 Å². The van der Waals surface area contributed by atoms with Gasteiger partial charge in [-0.05, 0) is 31.2 Å². The van der Waals surface area contributed by atoms with Crippen LogP contribution in [-0.4, -0.2) is 32.9 Å². The highest BCUT2D eigenvalue weighted by atomic mass is 16.5. The van der Waals surface area contributed by atoms with E-state index in [0.29, 0.717) is 34.3 Å². The predicted molar refractivity (Wildman–Crippen MR) is 84.5 cm³/mol. The number of furan rings is 1. The van der Waals surface area contributed by atoms with Crippen LogP contribution in [0.3, 0.4) is 0 Å². The van der Waals surface area contributed by atoms with E-state index in [1.165, 1.54) is 27.6 Å². The number of nitrogens with zero attached hydrogens (tertiary/aromatic N) is 1. The van der Waals surface area contributed by atoms with E-state index in [4.69, 9.17) is 18.6 Å². The summed E-state index contributed by atoms with van der Waals surface area (Å²) in [6.07, 6.45) is 1.54. The highest BCUT2D eigenvalue weighted by Crippen LogP contribution is 2.38. The van der Waals surface area contributed by atoms with Crippen molar-refractivity contribution in [2.75, 3.05) is 21.3 Å². The average molecular weight is 318 g/mol. The van der Waals surface area contributed by atoms with E-state index in [1.54, 1.807) is 31.2 Å². The van der Waals surface area contributed by atoms with Gasteiger partial charge in [0.2, 0.25) is 5.75 Å². The van der Waals surface area contributed by atoms with Crippen molar-refractivity contribution in [3.05, 3.63) is 41.9 Å². The van der Waals surface area contributed by atoms with Crippen molar-refractivity contribution in [3.63, 3.8) is 0 Å². The normalized spacial score (nSPS) is 11.0. The summed E-state index contributed by atoms with van der Waals surface area (Å²) >= 11 is 0. The first-order valence-corrected chi connectivity index (χ1v) is 6.79. The molecular weight excluding hydrogens is 300 g/mol. The zero-order chi connectivity index (χ0) is 16.8. The molecule has 122 valence electrons. The van der Waals surface area contributed by atoms with Crippen LogP contribution in [0, 0.1) is 0 Å². The molecule has 0 unspecified atom stereocenters. The molecule has 1 amide bonds. The zero-order valence-corrected chi connectivity index (χ0v) is 13.4. The van der Waals surface area contributed by atoms with E-state index >= 15 is 0 Å². The molecule has 0 aliphatic carbocycles. The molecule has 1 aromatic carbocycles. The molecule has 0 saturated carbocycles. The summed E-state index contributed by atoms with van der Waals surface area (Å²) in [5.41, 5.74) is 3.35. The fourth-order valence-electron chi connectivity index (χ4n) is 1.95. The zero-order valence-electron chi connectivity index (χ0n) is 13.4. The molecule has 7 heteroatoms. The number of carbonyl (C=O) groups is 1. The summed E-state index contributed by atoms with van der Waals surface area (Å²) < 4.78 is 20.9. The number of benzene rings is 1. The van der Waals surface area contributed by atoms with Crippen LogP contribution >= 0.6 is 0 Å². The minimum Gasteiger partial charge on any atom is -0.493 e. The highest BCUT2D eigenvalue weighted by molar-refractivity contribution is 5.99. The lowest BCUT2D eigenvalue weighted by molar-refractivity contribution is 0.0954. The molecule has 1 heterocycles. The van der Waals surface area contributed by atoms with Gasteiger partial charge in [0, 0.05) is 5.56 Å². The largest absolute Gasteiger partial charge is 0.493 e. The van der Waals surface area contributed by atoms with Gasteiger partial charge in [-0.25, -0.2) is 5.43 Å². The number of methoxy groups -OCH3 is 3. The monoisotopic (exact) mass is 318 g/mol. The van der Waals surface area contributed by atoms with Crippen LogP contribution in [0.1, 0.15) is 23.0 Å². The minimum atomic E-state index is -0.407. The SMILES string of the molecule is COc1cc(C(=O)NN=C(C)c2ccco2)cc(OC)c1OC. The maximum Gasteiger partial charge on any atom is 0.271 e. The van der Waals surface area contributed by atoms with Crippen LogP contribution in [0.15, 0.2) is 40.0 Å². The number of ether oxygens (including phenoxy) is 3. The van der Waals surface area contributed by atoms with E-state index in [0.717, 1.165) is 0 Å². The van der Waals surface area contributed by atoms with E-state index in [9.17, 15) is 4.79 Å². The Bertz CT molecular complexity index is 682. The first-order chi connectivity index (χ1) is 11.1. The van der Waals surface area contributed by atoms with Gasteiger partial charge in [0.05, 0.1) is 27.6 Å². The molecule has 2 rings (SSSR count). The maximum atomic E-state index is 12.3. The second kappa shape index (κ2) is 7.35. The Morgan fingerprint density at radius 1 is 1.13 bits per heavy atom. The van der Waals surface area contributed by atoms with Crippen LogP contribution in [0.5, 0.6) is 17.2 Å². The Hall–Kier alpha value is -2.96. The third kappa shape index (κ3) is 3.63. The van der Waals surface area contributed by atoms with Crippen LogP contribution in [0.4, 0.5) is 0 Å². The lowest BCUT2D eigenvalue weighted by atomic mass is 10.1. The molecule has 1 N–H and O–H groups in total. The molecule has 0 bridgehead atoms. The third-order valence-electron chi connectivity index (χ3n) is 3.13. The number of hydrogen-bond acceptors (Lipinski definition) is 6. The lowest BCUT2D eigenvalue weighted by Gasteiger charge is -2.13. The van der Waals surface area contributed by atoms with Crippen molar-refractivity contribution in [2.45, 2.75) is 6.92 Å². The maximum absolute atomic E-state index is 12.3. The molecule has 0 atom stereocenters. The average Bonchev–Trinajstić information content (AvgIpc) is 3.12. The van der Waals surface area contributed by atoms with E-state index < -0.39 is 5.91 Å². The number of hydrogen-bond donors (Lipinski definition) is 1. The first kappa shape index (κ1) is 16.4. The van der Waals surface area contributed by atoms with Crippen molar-refractivity contribution in [2.24, 2.45) is 5.10 Å². The van der Waals surface area contributed by atoms with Crippen molar-refractivity contribution in [3.8, 4) is 17.2 Å². The number of rotatable bonds is 6. The van der Waals surface area contributed by atoms with Crippen LogP contribution < -0.4 is 19.6 Å². The fourth-order valence-corrected chi connectivity index (χ4v) is 1.95. The van der Waals surface area contributed by atoms with Crippen molar-refractivity contribution in [1.82, 2.24) is 5.43 Å². The van der Waals surface area contributed by atoms with Gasteiger partial charge in [-0.3, -0.25) is 4.79 Å². The molecule has 0 aliphatic rings. The van der Waals surface area contributed by atoms with Gasteiger partial charge >= 0.3 is 0 Å². The Balaban J connectivity index is 2.24. The van der Waals surface area contributed by atoms with E-state index in [1.807, 2.05) is 0 Å². The summed E-state index contributed by atoms with van der Waals surface area (Å²) in [5, 5.41) is 4.01. The number of hydrazone groups is 1. The third-order valence-corrected chi connectivity index (χ3v) is 3.13. The molecule has 1 aromatic heterocycles. The van der Waals surface area contributed by atoms with Crippen molar-refractivity contribution >= 4 is 11.6 Å². The molecule has 0 aliphatic heterocycles. The summed E-state index contributed by atoms with van der Waals surface area (Å²) in [6.45, 7) is 1.73. The molecule has 0 saturated heterocycles. The fraction of sp³-hybridized carbons (Fsp3) is 0.250. The number of carbonyl (C=O) groups excluding carboxylic acids is 1. The molecular formula is C16H18N2O5. The Kier molecular flexibility index (Phi) is 5.24. The summed E-state index contributed by atoms with van der Waals surface area (Å²) in [6, 6.07) is 6.60. The van der Waals surface area contributed by atoms with Gasteiger partial charge in [-0.2, -0.15) is 5.10 Å². The standard InChI is InChI=1S/C16H18N2O5/c1-10(12-6-5-7-23-12)17-18-16(19)11-8-13(20-2)15(22-4)14(9-11)21-3/h5-9H,1-4H3,(H,18,19). The molecule has 0 fully saturated rings. The summed E-state index contributed by atoms with van der Waals surface area (Å²) in [5.74, 6) is 1.37. The Morgan fingerprint density at radius 3 is 2.26 bits per heavy atom. The van der Waals surface area contributed by atoms with Crippen molar-refractivity contribution in [1.29, 1.82) is 0 Å². The summed E-state index contributed by atoms with van der Waals surface area (Å²) in [4.78, 5) is 12.3. The molecule has 23 heavy (non-hydrogen) atoms. The molecule has 0 spiro atoms. The second-order valence-corrected chi connectivity index (χ2v) is 4.53. The van der Waals surface area contributed by atoms with E-state index in [-0.39, 0.29) is 0 Å². The molecule has 2 aromatic rings. The number of nitrogens with one attached hydrogen (secondary N) is 1. The van der Waals surface area contributed by atoms with Crippen LogP contribution in [0.2, 0.25) is 0 Å². The van der Waals surface area contributed by atoms with Gasteiger partial charge in [-0.1, -0.05) is 0 Å². The first-order valence-electron chi connectivity index (χ1n) is 6.79. The van der Waals surface area contributed by atoms with E-state index in [2.05, 4.69) is 10.5 Å². The Morgan fingerprint density at radius 2 is 1.78 bits per heavy atom. The lowest BCUT2D eigenvalue weighted by Crippen LogP contribution is -2.19. The highest BCUT2D eigenvalue weighted by Gasteiger charge is 2.16. The Labute approximate surface area is 133 Å². The second-order valence-electron chi connectivity index (χ2n) is 4.53. The number of amides is 1. The topological polar surface area (TPSA) is 82.3 Å². The minimum absolute atomic E-state index is 0.329. The quantitative estimate of drug-likeness (QED) is 0.653. The van der Waals surface area contributed by atoms with Crippen LogP contribution in [-0.2, 0) is 0 Å². The van der Waals surface area contributed by atoms with Gasteiger partial charge in [0.15, 0.2) is 11.5 Å². The predicted octanol–water partition coefficient (Wildman–Crippen LogP) is 2.46. The summed E-state index contributed by atoms with van der Waals surface area (Å²) in [7, 11) is 4.47. The molecule has 7 nitrogen and oxygen atoms in total. The van der Waals surface area contributed by atoms with Gasteiger partial charge < -0.3 is 18.6 Å². The van der Waals surface area contributed by atoms with Gasteiger partial charge in [0.1, 0.15) is 11.5 Å². The van der Waals surface area contributed by atoms with Gasteiger partial charge in [0.25, 0.3) is 5.91 Å². The molecule has 0 radical (unpaired) electrons. The van der Waals surface area contributed by atoms with Crippen LogP contribution in [0.25, 0.3) is 0 Å².